The minimum Gasteiger partial charge on any atom is -0.339 e. The largest absolute Gasteiger partial charge is 0.339 e. The monoisotopic (exact) mass is 356 g/mol. The molecule has 0 radical (unpaired) electrons. The highest BCUT2D eigenvalue weighted by molar-refractivity contribution is 5.81. The van der Waals surface area contributed by atoms with E-state index in [1.807, 2.05) is 48.2 Å². The maximum atomic E-state index is 13.1. The van der Waals surface area contributed by atoms with Gasteiger partial charge in [0.2, 0.25) is 5.91 Å². The Kier molecular flexibility index (Phi) is 4.31. The molecule has 2 saturated heterocycles. The van der Waals surface area contributed by atoms with Crippen LogP contribution in [0.1, 0.15) is 36.3 Å². The average Bonchev–Trinajstić information content (AvgIpc) is 3.16. The third kappa shape index (κ3) is 2.92. The van der Waals surface area contributed by atoms with Gasteiger partial charge in [0.15, 0.2) is 0 Å². The van der Waals surface area contributed by atoms with Gasteiger partial charge >= 0.3 is 0 Å². The summed E-state index contributed by atoms with van der Waals surface area (Å²) in [4.78, 5) is 16.9. The molecule has 0 aliphatic carbocycles. The molecule has 1 aromatic carbocycles. The number of hydrogen-bond donors (Lipinski definition) is 0. The molecule has 5 nitrogen and oxygen atoms in total. The van der Waals surface area contributed by atoms with Crippen molar-refractivity contribution in [1.29, 1.82) is 0 Å². The number of rotatable bonds is 3. The molecule has 4 rings (SSSR count). The summed E-state index contributed by atoms with van der Waals surface area (Å²) < 4.78 is 14.9. The Balaban J connectivity index is 1.50. The fourth-order valence-electron chi connectivity index (χ4n) is 4.66. The highest BCUT2D eigenvalue weighted by Gasteiger charge is 2.52. The van der Waals surface area contributed by atoms with Gasteiger partial charge in [-0.3, -0.25) is 14.4 Å². The van der Waals surface area contributed by atoms with E-state index in [4.69, 9.17) is 0 Å². The number of likely N-dealkylation sites (N-methyl/N-ethyl adjacent to an activating group) is 1. The van der Waals surface area contributed by atoms with Gasteiger partial charge < -0.3 is 4.90 Å². The average molecular weight is 356 g/mol. The number of likely N-dealkylation sites (tertiary alicyclic amines) is 2. The Morgan fingerprint density at radius 1 is 1.19 bits per heavy atom. The van der Waals surface area contributed by atoms with Crippen molar-refractivity contribution in [3.63, 3.8) is 0 Å². The zero-order chi connectivity index (χ0) is 18.3. The second-order valence-electron chi connectivity index (χ2n) is 7.66. The first kappa shape index (κ1) is 17.2. The van der Waals surface area contributed by atoms with Gasteiger partial charge in [-0.1, -0.05) is 12.1 Å². The summed E-state index contributed by atoms with van der Waals surface area (Å²) in [6, 6.07) is 6.73. The first-order valence-electron chi connectivity index (χ1n) is 9.20. The fraction of sp³-hybridized carbons (Fsp3) is 0.500. The molecule has 26 heavy (non-hydrogen) atoms. The van der Waals surface area contributed by atoms with Gasteiger partial charge in [0.1, 0.15) is 5.82 Å². The molecule has 2 fully saturated rings. The maximum Gasteiger partial charge on any atom is 0.223 e. The molecule has 0 N–H and O–H groups in total. The van der Waals surface area contributed by atoms with Crippen LogP contribution < -0.4 is 0 Å². The van der Waals surface area contributed by atoms with Crippen LogP contribution in [0.4, 0.5) is 4.39 Å². The van der Waals surface area contributed by atoms with Crippen LogP contribution in [0.15, 0.2) is 36.7 Å². The van der Waals surface area contributed by atoms with Crippen LogP contribution in [-0.2, 0) is 18.4 Å². The van der Waals surface area contributed by atoms with Crippen molar-refractivity contribution in [2.45, 2.75) is 37.3 Å². The molecule has 1 spiro atoms. The first-order valence-corrected chi connectivity index (χ1v) is 9.20. The Bertz CT molecular complexity index is 792. The topological polar surface area (TPSA) is 41.4 Å². The standard InChI is InChI=1S/C20H25FN4O/c1-23-14-16(12-22-23)18-11-19(26)24(2)20(18)7-9-25(10-8-20)13-15-3-5-17(21)6-4-15/h3-6,12,14,18H,7-11,13H2,1-2H3/t18-/m1/s1. The highest BCUT2D eigenvalue weighted by Crippen LogP contribution is 2.48. The molecule has 1 aromatic heterocycles. The van der Waals surface area contributed by atoms with Gasteiger partial charge in [-0.2, -0.15) is 5.10 Å². The minimum absolute atomic E-state index is 0.112. The van der Waals surface area contributed by atoms with Gasteiger partial charge in [-0.15, -0.1) is 0 Å². The van der Waals surface area contributed by atoms with E-state index >= 15 is 0 Å². The predicted octanol–water partition coefficient (Wildman–Crippen LogP) is 2.54. The fourth-order valence-corrected chi connectivity index (χ4v) is 4.66. The molecule has 1 amide bonds. The summed E-state index contributed by atoms with van der Waals surface area (Å²) in [6.07, 6.45) is 6.43. The molecule has 2 aliphatic heterocycles. The lowest BCUT2D eigenvalue weighted by atomic mass is 9.74. The number of amides is 1. The number of nitrogens with zero attached hydrogens (tertiary/aromatic N) is 4. The molecule has 0 unspecified atom stereocenters. The van der Waals surface area contributed by atoms with Crippen LogP contribution in [0, 0.1) is 5.82 Å². The number of piperidine rings is 1. The zero-order valence-corrected chi connectivity index (χ0v) is 15.4. The van der Waals surface area contributed by atoms with Crippen LogP contribution in [0.5, 0.6) is 0 Å². The molecule has 6 heteroatoms. The second-order valence-corrected chi connectivity index (χ2v) is 7.66. The molecule has 1 atom stereocenters. The SMILES string of the molecule is CN1C(=O)C[C@H](c2cnn(C)c2)C12CCN(Cc1ccc(F)cc1)CC2. The van der Waals surface area contributed by atoms with Gasteiger partial charge in [-0.05, 0) is 36.1 Å². The molecular formula is C20H25FN4O. The number of halogens is 1. The smallest absolute Gasteiger partial charge is 0.223 e. The molecule has 0 saturated carbocycles. The first-order chi connectivity index (χ1) is 12.5. The van der Waals surface area contributed by atoms with Crippen LogP contribution in [-0.4, -0.2) is 51.2 Å². The summed E-state index contributed by atoms with van der Waals surface area (Å²) in [5.41, 5.74) is 2.18. The van der Waals surface area contributed by atoms with E-state index in [1.54, 1.807) is 0 Å². The Hall–Kier alpha value is -2.21. The maximum absolute atomic E-state index is 13.1. The van der Waals surface area contributed by atoms with Crippen LogP contribution in [0.25, 0.3) is 0 Å². The minimum atomic E-state index is -0.197. The normalized spacial score (nSPS) is 23.1. The van der Waals surface area contributed by atoms with E-state index in [0.29, 0.717) is 6.42 Å². The number of carbonyl (C=O) groups excluding carboxylic acids is 1. The van der Waals surface area contributed by atoms with E-state index in [1.165, 1.54) is 12.1 Å². The van der Waals surface area contributed by atoms with E-state index in [0.717, 1.165) is 43.6 Å². The van der Waals surface area contributed by atoms with Gasteiger partial charge in [-0.25, -0.2) is 4.39 Å². The number of benzene rings is 1. The van der Waals surface area contributed by atoms with Crippen LogP contribution in [0.2, 0.25) is 0 Å². The summed E-state index contributed by atoms with van der Waals surface area (Å²) in [6.45, 7) is 2.70. The lowest BCUT2D eigenvalue weighted by molar-refractivity contribution is -0.130. The van der Waals surface area contributed by atoms with Crippen molar-refractivity contribution in [2.24, 2.45) is 7.05 Å². The third-order valence-corrected chi connectivity index (χ3v) is 6.24. The van der Waals surface area contributed by atoms with E-state index < -0.39 is 0 Å². The van der Waals surface area contributed by atoms with Gasteiger partial charge in [0.05, 0.1) is 11.7 Å². The number of hydrogen-bond acceptors (Lipinski definition) is 3. The zero-order valence-electron chi connectivity index (χ0n) is 15.4. The van der Waals surface area contributed by atoms with Crippen molar-refractivity contribution < 1.29 is 9.18 Å². The van der Waals surface area contributed by atoms with Crippen LogP contribution in [0.3, 0.4) is 0 Å². The lowest BCUT2D eigenvalue weighted by Crippen LogP contribution is -2.53. The summed E-state index contributed by atoms with van der Waals surface area (Å²) in [7, 11) is 3.87. The van der Waals surface area contributed by atoms with Crippen molar-refractivity contribution in [2.75, 3.05) is 20.1 Å². The summed E-state index contributed by atoms with van der Waals surface area (Å²) in [5, 5.41) is 4.31. The number of aryl methyl sites for hydroxylation is 1. The predicted molar refractivity (Wildman–Crippen MR) is 97.0 cm³/mol. The molecule has 0 bridgehead atoms. The molecular weight excluding hydrogens is 331 g/mol. The van der Waals surface area contributed by atoms with Gasteiger partial charge in [0, 0.05) is 52.3 Å². The lowest BCUT2D eigenvalue weighted by Gasteiger charge is -2.46. The Labute approximate surface area is 153 Å². The summed E-state index contributed by atoms with van der Waals surface area (Å²) >= 11 is 0. The number of aromatic nitrogens is 2. The van der Waals surface area contributed by atoms with Gasteiger partial charge in [0.25, 0.3) is 0 Å². The second kappa shape index (κ2) is 6.50. The van der Waals surface area contributed by atoms with E-state index in [9.17, 15) is 9.18 Å². The Morgan fingerprint density at radius 2 is 1.88 bits per heavy atom. The molecule has 2 aliphatic rings. The third-order valence-electron chi connectivity index (χ3n) is 6.24. The quantitative estimate of drug-likeness (QED) is 0.849. The van der Waals surface area contributed by atoms with Crippen molar-refractivity contribution in [3.05, 3.63) is 53.6 Å². The van der Waals surface area contributed by atoms with Crippen molar-refractivity contribution >= 4 is 5.91 Å². The molecule has 2 aromatic rings. The molecule has 3 heterocycles. The summed E-state index contributed by atoms with van der Waals surface area (Å²) in [5.74, 6) is 0.240. The Morgan fingerprint density at radius 3 is 2.50 bits per heavy atom. The highest BCUT2D eigenvalue weighted by atomic mass is 19.1. The van der Waals surface area contributed by atoms with E-state index in [2.05, 4.69) is 10.00 Å². The molecule has 138 valence electrons. The van der Waals surface area contributed by atoms with Crippen LogP contribution >= 0.6 is 0 Å². The van der Waals surface area contributed by atoms with Crippen molar-refractivity contribution in [3.8, 4) is 0 Å². The van der Waals surface area contributed by atoms with E-state index in [-0.39, 0.29) is 23.2 Å². The van der Waals surface area contributed by atoms with Crippen molar-refractivity contribution in [1.82, 2.24) is 19.6 Å². The number of carbonyl (C=O) groups is 1.